The zero-order chi connectivity index (χ0) is 11.6. The van der Waals surface area contributed by atoms with Crippen molar-refractivity contribution < 1.29 is 17.9 Å². The highest BCUT2D eigenvalue weighted by Gasteiger charge is 2.33. The first-order chi connectivity index (χ1) is 6.83. The van der Waals surface area contributed by atoms with Gasteiger partial charge in [-0.2, -0.15) is 5.26 Å². The average molecular weight is 346 g/mol. The Morgan fingerprint density at radius 1 is 1.40 bits per heavy atom. The lowest BCUT2D eigenvalue weighted by atomic mass is 10.3. The Morgan fingerprint density at radius 2 is 2.00 bits per heavy atom. The highest BCUT2D eigenvalue weighted by Crippen LogP contribution is 2.30. The average Bonchev–Trinajstić information content (AvgIpc) is 2.08. The van der Waals surface area contributed by atoms with Gasteiger partial charge < -0.3 is 4.74 Å². The minimum atomic E-state index is -4.87. The summed E-state index contributed by atoms with van der Waals surface area (Å²) in [5, 5.41) is 8.56. The van der Waals surface area contributed by atoms with Crippen LogP contribution in [0.3, 0.4) is 0 Å². The van der Waals surface area contributed by atoms with E-state index in [9.17, 15) is 13.2 Å². The van der Waals surface area contributed by atoms with Crippen molar-refractivity contribution >= 4 is 31.9 Å². The molecule has 0 radical (unpaired) electrons. The Labute approximate surface area is 99.1 Å². The van der Waals surface area contributed by atoms with Gasteiger partial charge in [0.15, 0.2) is 0 Å². The van der Waals surface area contributed by atoms with E-state index in [0.29, 0.717) is 4.47 Å². The highest BCUT2D eigenvalue weighted by atomic mass is 79.9. The number of pyridine rings is 1. The van der Waals surface area contributed by atoms with Gasteiger partial charge in [-0.3, -0.25) is 0 Å². The van der Waals surface area contributed by atoms with E-state index >= 15 is 0 Å². The summed E-state index contributed by atoms with van der Waals surface area (Å²) in [5.74, 6) is -0.778. The van der Waals surface area contributed by atoms with Crippen LogP contribution in [0.5, 0.6) is 5.88 Å². The molecule has 1 heterocycles. The molecule has 8 heteroatoms. The third-order valence-electron chi connectivity index (χ3n) is 1.23. The molecule has 0 bridgehead atoms. The predicted octanol–water partition coefficient (Wildman–Crippen LogP) is 3.38. The van der Waals surface area contributed by atoms with Crippen LogP contribution >= 0.6 is 31.9 Å². The van der Waals surface area contributed by atoms with Gasteiger partial charge in [-0.05, 0) is 37.9 Å². The lowest BCUT2D eigenvalue weighted by Crippen LogP contribution is -2.18. The number of ether oxygens (including phenoxy) is 1. The number of nitriles is 1. The van der Waals surface area contributed by atoms with Gasteiger partial charge in [0.2, 0.25) is 5.88 Å². The number of halogens is 5. The quantitative estimate of drug-likeness (QED) is 0.733. The standard InChI is InChI=1S/C7HBr2F3N2O/c8-4-1-3(2-13)6(14-5(4)9)15-7(10,11)12/h1H. The van der Waals surface area contributed by atoms with E-state index in [0.717, 1.165) is 0 Å². The van der Waals surface area contributed by atoms with Crippen LogP contribution in [0.25, 0.3) is 0 Å². The van der Waals surface area contributed by atoms with Crippen LogP contribution in [0.15, 0.2) is 15.1 Å². The molecule has 0 atom stereocenters. The second kappa shape index (κ2) is 4.37. The lowest BCUT2D eigenvalue weighted by Gasteiger charge is -2.09. The molecule has 1 aromatic heterocycles. The van der Waals surface area contributed by atoms with Crippen molar-refractivity contribution in [3.63, 3.8) is 0 Å². The molecule has 0 N–H and O–H groups in total. The molecule has 0 aromatic carbocycles. The van der Waals surface area contributed by atoms with Crippen molar-refractivity contribution in [2.45, 2.75) is 6.36 Å². The van der Waals surface area contributed by atoms with E-state index in [1.807, 2.05) is 0 Å². The van der Waals surface area contributed by atoms with Crippen LogP contribution in [0.4, 0.5) is 13.2 Å². The number of alkyl halides is 3. The maximum absolute atomic E-state index is 11.9. The molecule has 0 fully saturated rings. The molecule has 0 spiro atoms. The zero-order valence-electron chi connectivity index (χ0n) is 6.77. The van der Waals surface area contributed by atoms with E-state index < -0.39 is 12.2 Å². The third kappa shape index (κ3) is 3.35. The number of rotatable bonds is 1. The molecule has 0 aliphatic rings. The SMILES string of the molecule is N#Cc1cc(Br)c(Br)nc1OC(F)(F)F. The van der Waals surface area contributed by atoms with Crippen LogP contribution in [0.2, 0.25) is 0 Å². The summed E-state index contributed by atoms with van der Waals surface area (Å²) in [5.41, 5.74) is -0.303. The summed E-state index contributed by atoms with van der Waals surface area (Å²) in [7, 11) is 0. The second-order valence-electron chi connectivity index (χ2n) is 2.27. The molecule has 0 aliphatic heterocycles. The topological polar surface area (TPSA) is 45.9 Å². The van der Waals surface area contributed by atoms with Gasteiger partial charge in [0.1, 0.15) is 16.2 Å². The summed E-state index contributed by atoms with van der Waals surface area (Å²) >= 11 is 5.91. The van der Waals surface area contributed by atoms with Crippen LogP contribution in [0, 0.1) is 11.3 Å². The first kappa shape index (κ1) is 12.3. The van der Waals surface area contributed by atoms with Crippen LogP contribution < -0.4 is 4.74 Å². The maximum Gasteiger partial charge on any atom is 0.574 e. The Kier molecular flexibility index (Phi) is 3.57. The summed E-state index contributed by atoms with van der Waals surface area (Å²) < 4.78 is 39.7. The Hall–Kier alpha value is -0.810. The lowest BCUT2D eigenvalue weighted by molar-refractivity contribution is -0.276. The van der Waals surface area contributed by atoms with Crippen molar-refractivity contribution in [1.29, 1.82) is 5.26 Å². The van der Waals surface area contributed by atoms with Gasteiger partial charge in [0.25, 0.3) is 0 Å². The fourth-order valence-corrected chi connectivity index (χ4v) is 1.31. The van der Waals surface area contributed by atoms with Gasteiger partial charge >= 0.3 is 6.36 Å². The molecule has 0 amide bonds. The van der Waals surface area contributed by atoms with Crippen molar-refractivity contribution in [2.24, 2.45) is 0 Å². The fourth-order valence-electron chi connectivity index (χ4n) is 0.718. The fraction of sp³-hybridized carbons (Fsp3) is 0.143. The van der Waals surface area contributed by atoms with Gasteiger partial charge in [-0.1, -0.05) is 0 Å². The Bertz CT molecular complexity index is 427. The molecule has 1 rings (SSSR count). The summed E-state index contributed by atoms with van der Waals surface area (Å²) in [6.45, 7) is 0. The minimum Gasteiger partial charge on any atom is -0.386 e. The molecular weight excluding hydrogens is 345 g/mol. The predicted molar refractivity (Wildman–Crippen MR) is 51.0 cm³/mol. The third-order valence-corrected chi connectivity index (χ3v) is 2.97. The van der Waals surface area contributed by atoms with Crippen molar-refractivity contribution in [3.8, 4) is 11.9 Å². The number of hydrogen-bond acceptors (Lipinski definition) is 3. The van der Waals surface area contributed by atoms with Crippen LogP contribution in [-0.2, 0) is 0 Å². The van der Waals surface area contributed by atoms with Crippen molar-refractivity contribution in [1.82, 2.24) is 4.98 Å². The maximum atomic E-state index is 11.9. The molecule has 3 nitrogen and oxygen atoms in total. The highest BCUT2D eigenvalue weighted by molar-refractivity contribution is 9.13. The molecule has 15 heavy (non-hydrogen) atoms. The summed E-state index contributed by atoms with van der Waals surface area (Å²) in [6, 6.07) is 2.73. The molecule has 0 saturated carbocycles. The molecule has 0 aliphatic carbocycles. The van der Waals surface area contributed by atoms with Crippen molar-refractivity contribution in [3.05, 3.63) is 20.7 Å². The van der Waals surface area contributed by atoms with Crippen LogP contribution in [0.1, 0.15) is 5.56 Å². The van der Waals surface area contributed by atoms with E-state index in [-0.39, 0.29) is 10.2 Å². The normalized spacial score (nSPS) is 10.9. The van der Waals surface area contributed by atoms with Gasteiger partial charge in [-0.25, -0.2) is 4.98 Å². The van der Waals surface area contributed by atoms with E-state index in [1.165, 1.54) is 6.07 Å². The summed E-state index contributed by atoms with van der Waals surface area (Å²) in [6.07, 6.45) is -4.87. The summed E-state index contributed by atoms with van der Waals surface area (Å²) in [4.78, 5) is 3.43. The smallest absolute Gasteiger partial charge is 0.386 e. The minimum absolute atomic E-state index is 0.126. The van der Waals surface area contributed by atoms with Crippen molar-refractivity contribution in [2.75, 3.05) is 0 Å². The first-order valence-electron chi connectivity index (χ1n) is 3.35. The zero-order valence-corrected chi connectivity index (χ0v) is 9.94. The van der Waals surface area contributed by atoms with Gasteiger partial charge in [-0.15, -0.1) is 13.2 Å². The molecule has 80 valence electrons. The molecular formula is C7HBr2F3N2O. The van der Waals surface area contributed by atoms with Gasteiger partial charge in [0, 0.05) is 0 Å². The molecule has 0 unspecified atom stereocenters. The number of hydrogen-bond donors (Lipinski definition) is 0. The molecule has 0 saturated heterocycles. The largest absolute Gasteiger partial charge is 0.574 e. The second-order valence-corrected chi connectivity index (χ2v) is 3.88. The van der Waals surface area contributed by atoms with Crippen LogP contribution in [-0.4, -0.2) is 11.3 Å². The number of aromatic nitrogens is 1. The van der Waals surface area contributed by atoms with E-state index in [2.05, 4.69) is 41.6 Å². The van der Waals surface area contributed by atoms with E-state index in [4.69, 9.17) is 5.26 Å². The van der Waals surface area contributed by atoms with Gasteiger partial charge in [0.05, 0.1) is 4.47 Å². The molecule has 1 aromatic rings. The Morgan fingerprint density at radius 3 is 2.47 bits per heavy atom. The monoisotopic (exact) mass is 344 g/mol. The van der Waals surface area contributed by atoms with E-state index in [1.54, 1.807) is 6.07 Å². The number of nitrogens with zero attached hydrogens (tertiary/aromatic N) is 2. The first-order valence-corrected chi connectivity index (χ1v) is 4.94. The Balaban J connectivity index is 3.18.